The fraction of sp³-hybridized carbons (Fsp3) is 0.941. The average molecular weight is 326 g/mol. The van der Waals surface area contributed by atoms with Crippen LogP contribution in [-0.4, -0.2) is 86.9 Å². The zero-order valence-electron chi connectivity index (χ0n) is 15.4. The fourth-order valence-corrected chi connectivity index (χ4v) is 3.19. The van der Waals surface area contributed by atoms with Gasteiger partial charge in [-0.25, -0.2) is 0 Å². The summed E-state index contributed by atoms with van der Waals surface area (Å²) in [6, 6.07) is 0.519. The Morgan fingerprint density at radius 2 is 2.00 bits per heavy atom. The van der Waals surface area contributed by atoms with Crippen molar-refractivity contribution < 1.29 is 4.74 Å². The van der Waals surface area contributed by atoms with Crippen LogP contribution in [0.2, 0.25) is 0 Å². The minimum Gasteiger partial charge on any atom is -0.373 e. The molecule has 0 radical (unpaired) electrons. The molecule has 2 N–H and O–H groups in total. The molecule has 0 aromatic rings. The van der Waals surface area contributed by atoms with E-state index in [0.29, 0.717) is 6.04 Å². The van der Waals surface area contributed by atoms with E-state index < -0.39 is 0 Å². The van der Waals surface area contributed by atoms with Gasteiger partial charge >= 0.3 is 0 Å². The molecule has 2 heterocycles. The molecule has 2 aliphatic rings. The van der Waals surface area contributed by atoms with Gasteiger partial charge in [-0.15, -0.1) is 0 Å². The summed E-state index contributed by atoms with van der Waals surface area (Å²) in [4.78, 5) is 9.69. The Labute approximate surface area is 141 Å². The van der Waals surface area contributed by atoms with Gasteiger partial charge in [-0.2, -0.15) is 0 Å². The van der Waals surface area contributed by atoms with Crippen molar-refractivity contribution in [3.8, 4) is 0 Å². The van der Waals surface area contributed by atoms with Crippen LogP contribution in [0.5, 0.6) is 0 Å². The topological polar surface area (TPSA) is 52.1 Å². The van der Waals surface area contributed by atoms with E-state index in [1.165, 1.54) is 0 Å². The molecule has 2 aliphatic heterocycles. The lowest BCUT2D eigenvalue weighted by Gasteiger charge is -2.36. The summed E-state index contributed by atoms with van der Waals surface area (Å²) in [5.74, 6) is 0.908. The highest BCUT2D eigenvalue weighted by Gasteiger charge is 2.29. The quantitative estimate of drug-likeness (QED) is 0.557. The molecule has 2 rings (SSSR count). The second-order valence-corrected chi connectivity index (χ2v) is 7.17. The zero-order valence-corrected chi connectivity index (χ0v) is 15.4. The first-order chi connectivity index (χ1) is 11.0. The zero-order chi connectivity index (χ0) is 16.7. The maximum Gasteiger partial charge on any atom is 0.191 e. The van der Waals surface area contributed by atoms with Gasteiger partial charge in [0, 0.05) is 51.9 Å². The molecule has 23 heavy (non-hydrogen) atoms. The Bertz CT molecular complexity index is 373. The van der Waals surface area contributed by atoms with Gasteiger partial charge in [0.1, 0.15) is 0 Å². The Hall–Kier alpha value is -0.850. The molecular weight excluding hydrogens is 290 g/mol. The van der Waals surface area contributed by atoms with Gasteiger partial charge in [-0.3, -0.25) is 9.89 Å². The summed E-state index contributed by atoms with van der Waals surface area (Å²) in [5.41, 5.74) is -0.0780. The van der Waals surface area contributed by atoms with Gasteiger partial charge in [0.15, 0.2) is 5.96 Å². The van der Waals surface area contributed by atoms with E-state index in [1.54, 1.807) is 0 Å². The van der Waals surface area contributed by atoms with Crippen LogP contribution >= 0.6 is 0 Å². The van der Waals surface area contributed by atoms with E-state index in [0.717, 1.165) is 71.2 Å². The predicted molar refractivity (Wildman–Crippen MR) is 96.1 cm³/mol. The van der Waals surface area contributed by atoms with Crippen molar-refractivity contribution in [1.82, 2.24) is 20.4 Å². The number of nitrogens with one attached hydrogen (secondary N) is 2. The molecule has 0 aromatic carbocycles. The second-order valence-electron chi connectivity index (χ2n) is 7.17. The third-order valence-corrected chi connectivity index (χ3v) is 4.94. The number of aliphatic imine (C=N–C) groups is 1. The van der Waals surface area contributed by atoms with Gasteiger partial charge in [0.05, 0.1) is 12.1 Å². The number of piperazine rings is 1. The Balaban J connectivity index is 1.79. The van der Waals surface area contributed by atoms with Crippen LogP contribution in [0.4, 0.5) is 0 Å². The molecule has 0 bridgehead atoms. The van der Waals surface area contributed by atoms with Gasteiger partial charge in [0.2, 0.25) is 0 Å². The maximum atomic E-state index is 5.82. The van der Waals surface area contributed by atoms with Crippen molar-refractivity contribution >= 4 is 5.96 Å². The highest BCUT2D eigenvalue weighted by atomic mass is 16.5. The lowest BCUT2D eigenvalue weighted by molar-refractivity contribution is 0.0283. The SMILES string of the molecule is CCNC(=NCC1(C)CCCO1)NCC(C)N1CCN(C)CC1. The molecule has 0 aromatic heterocycles. The summed E-state index contributed by atoms with van der Waals surface area (Å²) in [5, 5.41) is 6.84. The van der Waals surface area contributed by atoms with Crippen molar-refractivity contribution in [1.29, 1.82) is 0 Å². The van der Waals surface area contributed by atoms with E-state index in [-0.39, 0.29) is 5.60 Å². The minimum atomic E-state index is -0.0780. The van der Waals surface area contributed by atoms with Crippen molar-refractivity contribution in [2.75, 3.05) is 59.5 Å². The molecule has 0 amide bonds. The first-order valence-corrected chi connectivity index (χ1v) is 9.11. The molecule has 134 valence electrons. The molecular formula is C17H35N5O. The van der Waals surface area contributed by atoms with Crippen LogP contribution < -0.4 is 10.6 Å². The van der Waals surface area contributed by atoms with E-state index in [2.05, 4.69) is 48.3 Å². The Morgan fingerprint density at radius 1 is 1.26 bits per heavy atom. The first kappa shape index (κ1) is 18.5. The smallest absolute Gasteiger partial charge is 0.191 e. The lowest BCUT2D eigenvalue weighted by atomic mass is 10.0. The molecule has 6 nitrogen and oxygen atoms in total. The minimum absolute atomic E-state index is 0.0780. The van der Waals surface area contributed by atoms with Crippen LogP contribution in [0.15, 0.2) is 4.99 Å². The van der Waals surface area contributed by atoms with Crippen molar-refractivity contribution in [2.24, 2.45) is 4.99 Å². The van der Waals surface area contributed by atoms with Crippen LogP contribution in [0.1, 0.15) is 33.6 Å². The molecule has 2 unspecified atom stereocenters. The van der Waals surface area contributed by atoms with Gasteiger partial charge in [-0.1, -0.05) is 0 Å². The summed E-state index contributed by atoms with van der Waals surface area (Å²) in [7, 11) is 2.20. The maximum absolute atomic E-state index is 5.82. The number of hydrogen-bond donors (Lipinski definition) is 2. The number of hydrogen-bond acceptors (Lipinski definition) is 4. The molecule has 2 saturated heterocycles. The third-order valence-electron chi connectivity index (χ3n) is 4.94. The van der Waals surface area contributed by atoms with Gasteiger partial charge in [0.25, 0.3) is 0 Å². The summed E-state index contributed by atoms with van der Waals surface area (Å²) in [6.07, 6.45) is 2.25. The molecule has 6 heteroatoms. The predicted octanol–water partition coefficient (Wildman–Crippen LogP) is 0.747. The van der Waals surface area contributed by atoms with Gasteiger partial charge < -0.3 is 20.3 Å². The van der Waals surface area contributed by atoms with Crippen molar-refractivity contribution in [2.45, 2.75) is 45.3 Å². The highest BCUT2D eigenvalue weighted by molar-refractivity contribution is 5.79. The number of rotatable bonds is 6. The van der Waals surface area contributed by atoms with E-state index >= 15 is 0 Å². The fourth-order valence-electron chi connectivity index (χ4n) is 3.19. The van der Waals surface area contributed by atoms with Crippen molar-refractivity contribution in [3.05, 3.63) is 0 Å². The second kappa shape index (κ2) is 8.85. The summed E-state index contributed by atoms with van der Waals surface area (Å²) >= 11 is 0. The summed E-state index contributed by atoms with van der Waals surface area (Å²) < 4.78 is 5.82. The van der Waals surface area contributed by atoms with E-state index in [4.69, 9.17) is 9.73 Å². The normalized spacial score (nSPS) is 28.8. The lowest BCUT2D eigenvalue weighted by Crippen LogP contribution is -2.52. The Kier molecular flexibility index (Phi) is 7.11. The highest BCUT2D eigenvalue weighted by Crippen LogP contribution is 2.24. The molecule has 0 aliphatic carbocycles. The largest absolute Gasteiger partial charge is 0.373 e. The number of nitrogens with zero attached hydrogens (tertiary/aromatic N) is 3. The number of guanidine groups is 1. The molecule has 2 atom stereocenters. The van der Waals surface area contributed by atoms with Crippen LogP contribution in [-0.2, 0) is 4.74 Å². The van der Waals surface area contributed by atoms with E-state index in [1.807, 2.05) is 0 Å². The van der Waals surface area contributed by atoms with Crippen LogP contribution in [0.3, 0.4) is 0 Å². The van der Waals surface area contributed by atoms with Crippen molar-refractivity contribution in [3.63, 3.8) is 0 Å². The first-order valence-electron chi connectivity index (χ1n) is 9.11. The van der Waals surface area contributed by atoms with Gasteiger partial charge in [-0.05, 0) is 40.7 Å². The molecule has 2 fully saturated rings. The average Bonchev–Trinajstić information content (AvgIpc) is 2.97. The number of ether oxygens (including phenoxy) is 1. The summed E-state index contributed by atoms with van der Waals surface area (Å²) in [6.45, 7) is 14.6. The van der Waals surface area contributed by atoms with E-state index in [9.17, 15) is 0 Å². The Morgan fingerprint density at radius 3 is 2.61 bits per heavy atom. The number of likely N-dealkylation sites (N-methyl/N-ethyl adjacent to an activating group) is 1. The monoisotopic (exact) mass is 325 g/mol. The molecule has 0 spiro atoms. The van der Waals surface area contributed by atoms with Crippen LogP contribution in [0.25, 0.3) is 0 Å². The third kappa shape index (κ3) is 5.94. The standard InChI is InChI=1S/C17H35N5O/c1-5-18-16(20-14-17(3)7-6-12-23-17)19-13-15(2)22-10-8-21(4)9-11-22/h15H,5-14H2,1-4H3,(H2,18,19,20). The molecule has 0 saturated carbocycles. The van der Waals surface area contributed by atoms with Crippen LogP contribution in [0, 0.1) is 0 Å².